The SMILES string of the molecule is C1CCOC1.COC(=O)CC1CC(=O)c2cc(OCc3cccc(-c4c(C)cc(O)cc4C)c3)ccc21. The maximum absolute atomic E-state index is 12.4. The van der Waals surface area contributed by atoms with Gasteiger partial charge >= 0.3 is 5.97 Å². The van der Waals surface area contributed by atoms with E-state index in [-0.39, 0.29) is 29.8 Å². The first-order valence-corrected chi connectivity index (χ1v) is 12.7. The van der Waals surface area contributed by atoms with Gasteiger partial charge in [0.1, 0.15) is 18.1 Å². The second-order valence-corrected chi connectivity index (χ2v) is 9.62. The third-order valence-electron chi connectivity index (χ3n) is 6.80. The van der Waals surface area contributed by atoms with Gasteiger partial charge in [-0.05, 0) is 90.4 Å². The van der Waals surface area contributed by atoms with Gasteiger partial charge in [-0.15, -0.1) is 0 Å². The van der Waals surface area contributed by atoms with Crippen molar-refractivity contribution >= 4 is 11.8 Å². The molecule has 1 heterocycles. The van der Waals surface area contributed by atoms with E-state index in [0.29, 0.717) is 24.3 Å². The number of aromatic hydroxyl groups is 1. The zero-order valence-electron chi connectivity index (χ0n) is 21.7. The molecular weight excluding hydrogens is 468 g/mol. The number of phenols is 1. The largest absolute Gasteiger partial charge is 0.508 e. The summed E-state index contributed by atoms with van der Waals surface area (Å²) >= 11 is 0. The molecule has 6 heteroatoms. The van der Waals surface area contributed by atoms with Gasteiger partial charge in [0.05, 0.1) is 13.5 Å². The van der Waals surface area contributed by atoms with Crippen LogP contribution in [0, 0.1) is 13.8 Å². The molecule has 3 aromatic rings. The van der Waals surface area contributed by atoms with Crippen molar-refractivity contribution in [3.8, 4) is 22.6 Å². The number of phenolic OH excluding ortho intramolecular Hbond substituents is 1. The van der Waals surface area contributed by atoms with E-state index in [9.17, 15) is 14.7 Å². The summed E-state index contributed by atoms with van der Waals surface area (Å²) in [5.41, 5.74) is 6.71. The van der Waals surface area contributed by atoms with Crippen LogP contribution in [0.5, 0.6) is 11.5 Å². The topological polar surface area (TPSA) is 82.1 Å². The van der Waals surface area contributed by atoms with E-state index in [1.807, 2.05) is 44.2 Å². The van der Waals surface area contributed by atoms with Crippen molar-refractivity contribution in [3.05, 3.63) is 82.4 Å². The van der Waals surface area contributed by atoms with Crippen LogP contribution in [-0.4, -0.2) is 37.2 Å². The minimum absolute atomic E-state index is 0.0274. The van der Waals surface area contributed by atoms with Crippen molar-refractivity contribution in [2.24, 2.45) is 0 Å². The van der Waals surface area contributed by atoms with Crippen molar-refractivity contribution in [3.63, 3.8) is 0 Å². The molecule has 2 aliphatic rings. The number of carbonyl (C=O) groups excluding carboxylic acids is 2. The van der Waals surface area contributed by atoms with Crippen LogP contribution in [0.1, 0.15) is 64.2 Å². The van der Waals surface area contributed by atoms with Crippen molar-refractivity contribution in [2.75, 3.05) is 20.3 Å². The van der Waals surface area contributed by atoms with Crippen molar-refractivity contribution in [1.29, 1.82) is 0 Å². The van der Waals surface area contributed by atoms with E-state index < -0.39 is 0 Å². The van der Waals surface area contributed by atoms with E-state index in [1.54, 1.807) is 18.2 Å². The summed E-state index contributed by atoms with van der Waals surface area (Å²) in [7, 11) is 1.36. The summed E-state index contributed by atoms with van der Waals surface area (Å²) in [5, 5.41) is 9.82. The number of Topliss-reactive ketones (excluding diaryl/α,β-unsaturated/α-hetero) is 1. The maximum atomic E-state index is 12.4. The number of benzene rings is 3. The minimum atomic E-state index is -0.310. The first kappa shape index (κ1) is 26.4. The fourth-order valence-electron chi connectivity index (χ4n) is 5.02. The molecule has 0 spiro atoms. The third kappa shape index (κ3) is 6.57. The number of aryl methyl sites for hydroxylation is 2. The Morgan fingerprint density at radius 2 is 1.76 bits per heavy atom. The molecule has 1 atom stereocenters. The zero-order chi connectivity index (χ0) is 26.4. The number of fused-ring (bicyclic) bond motifs is 1. The summed E-state index contributed by atoms with van der Waals surface area (Å²) in [6.07, 6.45) is 3.08. The van der Waals surface area contributed by atoms with E-state index >= 15 is 0 Å². The van der Waals surface area contributed by atoms with E-state index in [2.05, 4.69) is 6.07 Å². The fourth-order valence-corrected chi connectivity index (χ4v) is 5.02. The fraction of sp³-hybridized carbons (Fsp3) is 0.355. The average Bonchev–Trinajstić information content (AvgIpc) is 3.55. The van der Waals surface area contributed by atoms with Gasteiger partial charge in [-0.1, -0.05) is 24.3 Å². The zero-order valence-corrected chi connectivity index (χ0v) is 21.7. The molecule has 194 valence electrons. The molecule has 0 saturated carbocycles. The van der Waals surface area contributed by atoms with Crippen LogP contribution in [0.2, 0.25) is 0 Å². The van der Waals surface area contributed by atoms with Crippen LogP contribution in [0.25, 0.3) is 11.1 Å². The lowest BCUT2D eigenvalue weighted by molar-refractivity contribution is -0.141. The Morgan fingerprint density at radius 1 is 1.03 bits per heavy atom. The molecule has 1 N–H and O–H groups in total. The summed E-state index contributed by atoms with van der Waals surface area (Å²) in [4.78, 5) is 24.1. The molecule has 5 rings (SSSR count). The van der Waals surface area contributed by atoms with E-state index in [0.717, 1.165) is 46.6 Å². The second kappa shape index (κ2) is 12.1. The van der Waals surface area contributed by atoms with Crippen molar-refractivity contribution < 1.29 is 28.9 Å². The molecule has 0 radical (unpaired) electrons. The van der Waals surface area contributed by atoms with Gasteiger partial charge in [0.2, 0.25) is 0 Å². The molecule has 1 aliphatic carbocycles. The van der Waals surface area contributed by atoms with Crippen molar-refractivity contribution in [1.82, 2.24) is 0 Å². The summed E-state index contributed by atoms with van der Waals surface area (Å²) in [6.45, 7) is 6.34. The Hall–Kier alpha value is -3.64. The predicted molar refractivity (Wildman–Crippen MR) is 142 cm³/mol. The molecular formula is C31H34O6. The molecule has 1 saturated heterocycles. The van der Waals surface area contributed by atoms with E-state index in [4.69, 9.17) is 14.2 Å². The van der Waals surface area contributed by atoms with Crippen LogP contribution >= 0.6 is 0 Å². The lowest BCUT2D eigenvalue weighted by Gasteiger charge is -2.13. The van der Waals surface area contributed by atoms with Crippen LogP contribution in [0.4, 0.5) is 0 Å². The maximum Gasteiger partial charge on any atom is 0.306 e. The van der Waals surface area contributed by atoms with Crippen LogP contribution in [-0.2, 0) is 20.9 Å². The number of hydrogen-bond donors (Lipinski definition) is 1. The monoisotopic (exact) mass is 502 g/mol. The highest BCUT2D eigenvalue weighted by Crippen LogP contribution is 2.38. The third-order valence-corrected chi connectivity index (χ3v) is 6.80. The van der Waals surface area contributed by atoms with Gasteiger partial charge in [-0.3, -0.25) is 9.59 Å². The molecule has 1 unspecified atom stereocenters. The average molecular weight is 503 g/mol. The lowest BCUT2D eigenvalue weighted by Crippen LogP contribution is -2.06. The van der Waals surface area contributed by atoms with Crippen LogP contribution in [0.3, 0.4) is 0 Å². The van der Waals surface area contributed by atoms with Gasteiger partial charge < -0.3 is 19.3 Å². The van der Waals surface area contributed by atoms with Crippen LogP contribution < -0.4 is 4.74 Å². The molecule has 0 amide bonds. The summed E-state index contributed by atoms with van der Waals surface area (Å²) < 4.78 is 15.7. The number of rotatable bonds is 6. The highest BCUT2D eigenvalue weighted by Gasteiger charge is 2.31. The Morgan fingerprint density at radius 3 is 2.41 bits per heavy atom. The number of esters is 1. The van der Waals surface area contributed by atoms with E-state index in [1.165, 1.54) is 20.0 Å². The smallest absolute Gasteiger partial charge is 0.306 e. The molecule has 0 aromatic heterocycles. The molecule has 0 bridgehead atoms. The molecule has 3 aromatic carbocycles. The Kier molecular flexibility index (Phi) is 8.62. The van der Waals surface area contributed by atoms with Gasteiger partial charge in [0, 0.05) is 31.1 Å². The Labute approximate surface area is 218 Å². The highest BCUT2D eigenvalue weighted by molar-refractivity contribution is 6.02. The predicted octanol–water partition coefficient (Wildman–Crippen LogP) is 6.28. The molecule has 6 nitrogen and oxygen atoms in total. The lowest BCUT2D eigenvalue weighted by atomic mass is 9.94. The van der Waals surface area contributed by atoms with Crippen LogP contribution in [0.15, 0.2) is 54.6 Å². The standard InChI is InChI=1S/C27H26O5.C4H8O/c1-16-9-21(28)10-17(2)27(16)19-6-4-5-18(11-19)15-32-22-7-8-23-20(13-26(30)31-3)12-25(29)24(23)14-22;1-2-4-5-3-1/h4-11,14,20,28H,12-13,15H2,1-3H3;1-4H2. The molecule has 1 aliphatic heterocycles. The number of carbonyl (C=O) groups is 2. The molecule has 37 heavy (non-hydrogen) atoms. The number of methoxy groups -OCH3 is 1. The minimum Gasteiger partial charge on any atom is -0.508 e. The first-order chi connectivity index (χ1) is 17.9. The van der Waals surface area contributed by atoms with Gasteiger partial charge in [0.25, 0.3) is 0 Å². The number of hydrogen-bond acceptors (Lipinski definition) is 6. The van der Waals surface area contributed by atoms with Gasteiger partial charge in [-0.25, -0.2) is 0 Å². The summed E-state index contributed by atoms with van der Waals surface area (Å²) in [6, 6.07) is 17.1. The first-order valence-electron chi connectivity index (χ1n) is 12.7. The Balaban J connectivity index is 0.000000572. The Bertz CT molecular complexity index is 1240. The van der Waals surface area contributed by atoms with Gasteiger partial charge in [0.15, 0.2) is 5.78 Å². The molecule has 1 fully saturated rings. The summed E-state index contributed by atoms with van der Waals surface area (Å²) in [5.74, 6) is 0.475. The quantitative estimate of drug-likeness (QED) is 0.399. The number of ether oxygens (including phenoxy) is 3. The highest BCUT2D eigenvalue weighted by atomic mass is 16.5. The van der Waals surface area contributed by atoms with Crippen molar-refractivity contribution in [2.45, 2.75) is 52.1 Å². The second-order valence-electron chi connectivity index (χ2n) is 9.62. The normalized spacial score (nSPS) is 16.1. The number of ketones is 1. The van der Waals surface area contributed by atoms with Gasteiger partial charge in [-0.2, -0.15) is 0 Å².